The van der Waals surface area contributed by atoms with Crippen LogP contribution in [0.15, 0.2) is 29.6 Å². The van der Waals surface area contributed by atoms with E-state index >= 15 is 0 Å². The summed E-state index contributed by atoms with van der Waals surface area (Å²) in [5.74, 6) is 1.29. The summed E-state index contributed by atoms with van der Waals surface area (Å²) < 4.78 is 18.6. The topological polar surface area (TPSA) is 61.0 Å². The van der Waals surface area contributed by atoms with Gasteiger partial charge >= 0.3 is 0 Å². The standard InChI is InChI=1S/C14H12FN3OS/c1-8-6-9(15)2-3-11(8)19-7-12-17-13(16)10-4-5-20-14(10)18-12/h2-6H,7H2,1H3,(H2,16,17,18). The van der Waals surface area contributed by atoms with Crippen LogP contribution in [0.5, 0.6) is 5.75 Å². The molecule has 0 aliphatic rings. The molecule has 0 aliphatic heterocycles. The minimum absolute atomic E-state index is 0.199. The summed E-state index contributed by atoms with van der Waals surface area (Å²) >= 11 is 1.51. The molecule has 0 spiro atoms. The first-order chi connectivity index (χ1) is 9.63. The summed E-state index contributed by atoms with van der Waals surface area (Å²) in [5.41, 5.74) is 6.60. The highest BCUT2D eigenvalue weighted by molar-refractivity contribution is 7.16. The van der Waals surface area contributed by atoms with Gasteiger partial charge in [-0.25, -0.2) is 14.4 Å². The van der Waals surface area contributed by atoms with Gasteiger partial charge in [-0.3, -0.25) is 0 Å². The third-order valence-corrected chi connectivity index (χ3v) is 3.70. The van der Waals surface area contributed by atoms with Crippen molar-refractivity contribution in [2.45, 2.75) is 13.5 Å². The molecule has 102 valence electrons. The molecule has 2 N–H and O–H groups in total. The Labute approximate surface area is 119 Å². The van der Waals surface area contributed by atoms with Crippen molar-refractivity contribution in [3.8, 4) is 5.75 Å². The van der Waals surface area contributed by atoms with Crippen molar-refractivity contribution < 1.29 is 9.13 Å². The predicted molar refractivity (Wildman–Crippen MR) is 77.3 cm³/mol. The molecule has 0 saturated heterocycles. The second-order valence-corrected chi connectivity index (χ2v) is 5.26. The number of aromatic nitrogens is 2. The van der Waals surface area contributed by atoms with E-state index in [1.54, 1.807) is 13.0 Å². The number of anilines is 1. The molecule has 3 rings (SSSR count). The fourth-order valence-electron chi connectivity index (χ4n) is 1.91. The third-order valence-electron chi connectivity index (χ3n) is 2.89. The van der Waals surface area contributed by atoms with Crippen molar-refractivity contribution in [3.63, 3.8) is 0 Å². The quantitative estimate of drug-likeness (QED) is 0.803. The van der Waals surface area contributed by atoms with Gasteiger partial charge in [0, 0.05) is 0 Å². The van der Waals surface area contributed by atoms with E-state index in [1.165, 1.54) is 23.5 Å². The summed E-state index contributed by atoms with van der Waals surface area (Å²) in [6.45, 7) is 1.99. The van der Waals surface area contributed by atoms with E-state index in [9.17, 15) is 4.39 Å². The largest absolute Gasteiger partial charge is 0.485 e. The lowest BCUT2D eigenvalue weighted by Gasteiger charge is -2.08. The van der Waals surface area contributed by atoms with Crippen LogP contribution in [0.1, 0.15) is 11.4 Å². The van der Waals surface area contributed by atoms with Crippen LogP contribution in [0.3, 0.4) is 0 Å². The summed E-state index contributed by atoms with van der Waals surface area (Å²) in [4.78, 5) is 9.44. The molecule has 0 unspecified atom stereocenters. The van der Waals surface area contributed by atoms with Crippen LogP contribution in [0.4, 0.5) is 10.2 Å². The molecule has 2 heterocycles. The minimum atomic E-state index is -0.282. The molecule has 0 amide bonds. The first-order valence-electron chi connectivity index (χ1n) is 6.02. The van der Waals surface area contributed by atoms with Crippen LogP contribution in [0.2, 0.25) is 0 Å². The average molecular weight is 289 g/mol. The van der Waals surface area contributed by atoms with E-state index in [2.05, 4.69) is 9.97 Å². The number of benzene rings is 1. The molecule has 0 atom stereocenters. The molecule has 0 bridgehead atoms. The lowest BCUT2D eigenvalue weighted by Crippen LogP contribution is -2.04. The zero-order valence-electron chi connectivity index (χ0n) is 10.8. The van der Waals surface area contributed by atoms with E-state index in [-0.39, 0.29) is 12.4 Å². The molecular formula is C14H12FN3OS. The monoisotopic (exact) mass is 289 g/mol. The first kappa shape index (κ1) is 12.8. The van der Waals surface area contributed by atoms with E-state index < -0.39 is 0 Å². The van der Waals surface area contributed by atoms with Gasteiger partial charge in [-0.2, -0.15) is 0 Å². The number of hydrogen-bond donors (Lipinski definition) is 1. The van der Waals surface area contributed by atoms with Crippen LogP contribution in [-0.4, -0.2) is 9.97 Å². The summed E-state index contributed by atoms with van der Waals surface area (Å²) in [6.07, 6.45) is 0. The molecule has 0 saturated carbocycles. The number of nitrogen functional groups attached to an aromatic ring is 1. The van der Waals surface area contributed by atoms with E-state index in [0.29, 0.717) is 17.4 Å². The Hall–Kier alpha value is -2.21. The van der Waals surface area contributed by atoms with Gasteiger partial charge in [0.15, 0.2) is 5.82 Å². The van der Waals surface area contributed by atoms with Crippen LogP contribution >= 0.6 is 11.3 Å². The van der Waals surface area contributed by atoms with Gasteiger partial charge in [0.2, 0.25) is 0 Å². The zero-order chi connectivity index (χ0) is 14.1. The van der Waals surface area contributed by atoms with Crippen LogP contribution < -0.4 is 10.5 Å². The number of rotatable bonds is 3. The number of ether oxygens (including phenoxy) is 1. The van der Waals surface area contributed by atoms with E-state index in [0.717, 1.165) is 15.8 Å². The highest BCUT2D eigenvalue weighted by atomic mass is 32.1. The number of hydrogen-bond acceptors (Lipinski definition) is 5. The molecule has 0 aliphatic carbocycles. The van der Waals surface area contributed by atoms with Crippen LogP contribution in [-0.2, 0) is 6.61 Å². The molecule has 6 heteroatoms. The highest BCUT2D eigenvalue weighted by Gasteiger charge is 2.08. The van der Waals surface area contributed by atoms with Crippen LogP contribution in [0, 0.1) is 12.7 Å². The molecule has 0 fully saturated rings. The normalized spacial score (nSPS) is 10.9. The number of nitrogens with zero attached hydrogens (tertiary/aromatic N) is 2. The predicted octanol–water partition coefficient (Wildman–Crippen LogP) is 3.30. The average Bonchev–Trinajstić information content (AvgIpc) is 2.86. The lowest BCUT2D eigenvalue weighted by molar-refractivity contribution is 0.294. The van der Waals surface area contributed by atoms with Crippen molar-refractivity contribution in [2.75, 3.05) is 5.73 Å². The highest BCUT2D eigenvalue weighted by Crippen LogP contribution is 2.24. The van der Waals surface area contributed by atoms with Crippen molar-refractivity contribution in [1.29, 1.82) is 0 Å². The Morgan fingerprint density at radius 3 is 2.95 bits per heavy atom. The first-order valence-corrected chi connectivity index (χ1v) is 6.90. The smallest absolute Gasteiger partial charge is 0.169 e. The molecule has 2 aromatic heterocycles. The summed E-state index contributed by atoms with van der Waals surface area (Å²) in [6, 6.07) is 6.27. The molecule has 20 heavy (non-hydrogen) atoms. The number of fused-ring (bicyclic) bond motifs is 1. The zero-order valence-corrected chi connectivity index (χ0v) is 11.6. The van der Waals surface area contributed by atoms with Crippen molar-refractivity contribution in [1.82, 2.24) is 9.97 Å². The fraction of sp³-hybridized carbons (Fsp3) is 0.143. The molecule has 4 nitrogen and oxygen atoms in total. The SMILES string of the molecule is Cc1cc(F)ccc1OCc1nc(N)c2ccsc2n1. The molecule has 3 aromatic rings. The maximum atomic E-state index is 13.0. The number of halogens is 1. The van der Waals surface area contributed by atoms with Crippen molar-refractivity contribution in [3.05, 3.63) is 46.9 Å². The van der Waals surface area contributed by atoms with Crippen molar-refractivity contribution >= 4 is 27.4 Å². The van der Waals surface area contributed by atoms with E-state index in [1.807, 2.05) is 11.4 Å². The Kier molecular flexibility index (Phi) is 3.23. The second kappa shape index (κ2) is 5.05. The van der Waals surface area contributed by atoms with E-state index in [4.69, 9.17) is 10.5 Å². The summed E-state index contributed by atoms with van der Waals surface area (Å²) in [7, 11) is 0. The van der Waals surface area contributed by atoms with Gasteiger partial charge in [0.05, 0.1) is 5.39 Å². The molecular weight excluding hydrogens is 277 g/mol. The van der Waals surface area contributed by atoms with Gasteiger partial charge in [-0.05, 0) is 42.1 Å². The third kappa shape index (κ3) is 2.42. The van der Waals surface area contributed by atoms with Crippen molar-refractivity contribution in [2.24, 2.45) is 0 Å². The Morgan fingerprint density at radius 2 is 2.15 bits per heavy atom. The second-order valence-electron chi connectivity index (χ2n) is 4.36. The van der Waals surface area contributed by atoms with Gasteiger partial charge in [0.25, 0.3) is 0 Å². The van der Waals surface area contributed by atoms with Gasteiger partial charge in [0.1, 0.15) is 28.8 Å². The Balaban J connectivity index is 1.82. The van der Waals surface area contributed by atoms with Crippen LogP contribution in [0.25, 0.3) is 10.2 Å². The van der Waals surface area contributed by atoms with Gasteiger partial charge in [-0.15, -0.1) is 11.3 Å². The molecule has 0 radical (unpaired) electrons. The number of aryl methyl sites for hydroxylation is 1. The minimum Gasteiger partial charge on any atom is -0.485 e. The lowest BCUT2D eigenvalue weighted by atomic mass is 10.2. The Morgan fingerprint density at radius 1 is 1.30 bits per heavy atom. The maximum absolute atomic E-state index is 13.0. The fourth-order valence-corrected chi connectivity index (χ4v) is 2.70. The Bertz CT molecular complexity index is 772. The molecule has 1 aromatic carbocycles. The van der Waals surface area contributed by atoms with Gasteiger partial charge in [-0.1, -0.05) is 0 Å². The maximum Gasteiger partial charge on any atom is 0.169 e. The van der Waals surface area contributed by atoms with Gasteiger partial charge < -0.3 is 10.5 Å². The summed E-state index contributed by atoms with van der Waals surface area (Å²) in [5, 5.41) is 2.78. The number of nitrogens with two attached hydrogens (primary N) is 1. The number of thiophene rings is 1.